The number of nitrogens with zero attached hydrogens (tertiary/aromatic N) is 1. The number of para-hydroxylation sites is 2. The molecule has 0 unspecified atom stereocenters. The van der Waals surface area contributed by atoms with E-state index in [9.17, 15) is 19.2 Å². The van der Waals surface area contributed by atoms with Crippen LogP contribution in [0.25, 0.3) is 0 Å². The molecule has 1 fully saturated rings. The number of carbonyl (C=O) groups is 4. The van der Waals surface area contributed by atoms with Crippen LogP contribution in [0, 0.1) is 11.8 Å². The monoisotopic (exact) mass is 400 g/mol. The summed E-state index contributed by atoms with van der Waals surface area (Å²) in [5.41, 5.74) is 0.442. The van der Waals surface area contributed by atoms with Gasteiger partial charge in [0, 0.05) is 0 Å². The van der Waals surface area contributed by atoms with Crippen molar-refractivity contribution in [3.05, 3.63) is 36.4 Å². The Kier molecular flexibility index (Phi) is 6.00. The van der Waals surface area contributed by atoms with E-state index < -0.39 is 35.9 Å². The number of nitrogens with one attached hydrogen (secondary N) is 1. The molecule has 2 aliphatic rings. The molecule has 0 aromatic heterocycles. The van der Waals surface area contributed by atoms with Crippen molar-refractivity contribution in [3.63, 3.8) is 0 Å². The van der Waals surface area contributed by atoms with Crippen molar-refractivity contribution in [1.29, 1.82) is 0 Å². The maximum Gasteiger partial charge on any atom is 0.329 e. The molecule has 154 valence electrons. The van der Waals surface area contributed by atoms with Crippen LogP contribution in [0.1, 0.15) is 26.7 Å². The van der Waals surface area contributed by atoms with Crippen molar-refractivity contribution < 1.29 is 28.7 Å². The van der Waals surface area contributed by atoms with E-state index in [1.165, 1.54) is 21.0 Å². The largest absolute Gasteiger partial charge is 0.495 e. The zero-order valence-electron chi connectivity index (χ0n) is 16.6. The maximum absolute atomic E-state index is 12.6. The average Bonchev–Trinajstić information content (AvgIpc) is 2.98. The van der Waals surface area contributed by atoms with Crippen molar-refractivity contribution in [2.75, 3.05) is 12.4 Å². The molecule has 1 saturated heterocycles. The van der Waals surface area contributed by atoms with Gasteiger partial charge in [0.25, 0.3) is 5.91 Å². The number of esters is 1. The number of rotatable bonds is 6. The fraction of sp³-hybridized carbons (Fsp3) is 0.429. The molecule has 1 aliphatic carbocycles. The Bertz CT molecular complexity index is 838. The molecule has 1 aliphatic heterocycles. The standard InChI is InChI=1S/C21H24N2O6/c1-12(23-19(25)14-8-4-5-9-15(14)20(23)26)21(27)29-13(2)18(24)22-16-10-6-7-11-17(16)28-3/h4-7,10-15H,8-9H2,1-3H3,(H,22,24)/t12-,13-,14-,15-/m0/s1. The summed E-state index contributed by atoms with van der Waals surface area (Å²) in [6.07, 6.45) is 3.62. The number of likely N-dealkylation sites (tertiary alicyclic amines) is 1. The molecule has 3 amide bonds. The van der Waals surface area contributed by atoms with Crippen molar-refractivity contribution in [2.24, 2.45) is 11.8 Å². The molecular weight excluding hydrogens is 376 g/mol. The summed E-state index contributed by atoms with van der Waals surface area (Å²) in [7, 11) is 1.48. The summed E-state index contributed by atoms with van der Waals surface area (Å²) in [6.45, 7) is 2.86. The first kappa shape index (κ1) is 20.6. The summed E-state index contributed by atoms with van der Waals surface area (Å²) in [5, 5.41) is 2.64. The zero-order chi connectivity index (χ0) is 21.1. The normalized spacial score (nSPS) is 22.7. The molecule has 1 aromatic carbocycles. The molecule has 8 heteroatoms. The smallest absolute Gasteiger partial charge is 0.329 e. The van der Waals surface area contributed by atoms with Gasteiger partial charge in [-0.05, 0) is 38.8 Å². The lowest BCUT2D eigenvalue weighted by atomic mass is 9.85. The van der Waals surface area contributed by atoms with Gasteiger partial charge in [0.1, 0.15) is 11.8 Å². The highest BCUT2D eigenvalue weighted by atomic mass is 16.5. The number of ether oxygens (including phenoxy) is 2. The van der Waals surface area contributed by atoms with Crippen LogP contribution < -0.4 is 10.1 Å². The first-order valence-corrected chi connectivity index (χ1v) is 9.51. The molecule has 1 N–H and O–H groups in total. The van der Waals surface area contributed by atoms with E-state index in [0.717, 1.165) is 4.90 Å². The van der Waals surface area contributed by atoms with Crippen LogP contribution in [0.15, 0.2) is 36.4 Å². The predicted octanol–water partition coefficient (Wildman–Crippen LogP) is 1.91. The van der Waals surface area contributed by atoms with Crippen LogP contribution >= 0.6 is 0 Å². The number of anilines is 1. The summed E-state index contributed by atoms with van der Waals surface area (Å²) < 4.78 is 10.4. The third-order valence-corrected chi connectivity index (χ3v) is 5.30. The van der Waals surface area contributed by atoms with Gasteiger partial charge in [-0.15, -0.1) is 0 Å². The minimum absolute atomic E-state index is 0.361. The number of methoxy groups -OCH3 is 1. The first-order chi connectivity index (χ1) is 13.8. The number of amides is 3. The maximum atomic E-state index is 12.6. The Hall–Kier alpha value is -3.16. The molecule has 1 aromatic rings. The number of hydrogen-bond donors (Lipinski definition) is 1. The van der Waals surface area contributed by atoms with Gasteiger partial charge in [-0.25, -0.2) is 4.79 Å². The van der Waals surface area contributed by atoms with Crippen LogP contribution in [0.3, 0.4) is 0 Å². The van der Waals surface area contributed by atoms with Crippen LogP contribution in [0.5, 0.6) is 5.75 Å². The SMILES string of the molecule is COc1ccccc1NC(=O)[C@H](C)OC(=O)[C@H](C)N1C(=O)[C@H]2CC=CC[C@@H]2C1=O. The molecule has 8 nitrogen and oxygen atoms in total. The van der Waals surface area contributed by atoms with Crippen LogP contribution in [0.4, 0.5) is 5.69 Å². The van der Waals surface area contributed by atoms with E-state index >= 15 is 0 Å². The molecule has 0 bridgehead atoms. The number of benzene rings is 1. The number of hydrogen-bond acceptors (Lipinski definition) is 6. The van der Waals surface area contributed by atoms with Gasteiger partial charge in [0.15, 0.2) is 6.10 Å². The summed E-state index contributed by atoms with van der Waals surface area (Å²) in [4.78, 5) is 51.1. The Morgan fingerprint density at radius 1 is 1.07 bits per heavy atom. The lowest BCUT2D eigenvalue weighted by Gasteiger charge is -2.23. The topological polar surface area (TPSA) is 102 Å². The van der Waals surface area contributed by atoms with Gasteiger partial charge in [0.05, 0.1) is 24.6 Å². The highest BCUT2D eigenvalue weighted by Crippen LogP contribution is 2.36. The van der Waals surface area contributed by atoms with Gasteiger partial charge >= 0.3 is 5.97 Å². The van der Waals surface area contributed by atoms with Gasteiger partial charge in [0.2, 0.25) is 11.8 Å². The van der Waals surface area contributed by atoms with Crippen LogP contribution in [-0.2, 0) is 23.9 Å². The second kappa shape index (κ2) is 8.46. The van der Waals surface area contributed by atoms with E-state index in [-0.39, 0.29) is 11.8 Å². The molecule has 0 spiro atoms. The number of carbonyl (C=O) groups excluding carboxylic acids is 4. The molecule has 29 heavy (non-hydrogen) atoms. The van der Waals surface area contributed by atoms with Gasteiger partial charge in [-0.3, -0.25) is 19.3 Å². The minimum Gasteiger partial charge on any atom is -0.495 e. The van der Waals surface area contributed by atoms with E-state index in [2.05, 4.69) is 5.32 Å². The molecular formula is C21H24N2O6. The Balaban J connectivity index is 1.62. The van der Waals surface area contributed by atoms with E-state index in [0.29, 0.717) is 24.3 Å². The average molecular weight is 400 g/mol. The number of fused-ring (bicyclic) bond motifs is 1. The highest BCUT2D eigenvalue weighted by molar-refractivity contribution is 6.08. The summed E-state index contributed by atoms with van der Waals surface area (Å²) >= 11 is 0. The lowest BCUT2D eigenvalue weighted by molar-refractivity contribution is -0.163. The van der Waals surface area contributed by atoms with Crippen LogP contribution in [0.2, 0.25) is 0 Å². The Morgan fingerprint density at radius 3 is 2.24 bits per heavy atom. The highest BCUT2D eigenvalue weighted by Gasteiger charge is 2.50. The quantitative estimate of drug-likeness (QED) is 0.445. The third-order valence-electron chi connectivity index (χ3n) is 5.30. The van der Waals surface area contributed by atoms with E-state index in [1.54, 1.807) is 24.3 Å². The fourth-order valence-electron chi connectivity index (χ4n) is 3.62. The molecule has 3 rings (SSSR count). The lowest BCUT2D eigenvalue weighted by Crippen LogP contribution is -2.46. The number of allylic oxidation sites excluding steroid dienone is 2. The van der Waals surface area contributed by atoms with Crippen molar-refractivity contribution in [3.8, 4) is 5.75 Å². The number of imide groups is 1. The second-order valence-corrected chi connectivity index (χ2v) is 7.15. The summed E-state index contributed by atoms with van der Waals surface area (Å²) in [5.74, 6) is -2.45. The molecule has 0 radical (unpaired) electrons. The minimum atomic E-state index is -1.12. The second-order valence-electron chi connectivity index (χ2n) is 7.15. The third kappa shape index (κ3) is 4.01. The van der Waals surface area contributed by atoms with Gasteiger partial charge in [-0.2, -0.15) is 0 Å². The van der Waals surface area contributed by atoms with Gasteiger partial charge in [-0.1, -0.05) is 24.3 Å². The van der Waals surface area contributed by atoms with Crippen molar-refractivity contribution in [1.82, 2.24) is 4.90 Å². The first-order valence-electron chi connectivity index (χ1n) is 9.51. The Morgan fingerprint density at radius 2 is 1.66 bits per heavy atom. The summed E-state index contributed by atoms with van der Waals surface area (Å²) in [6, 6.07) is 5.74. The van der Waals surface area contributed by atoms with E-state index in [1.807, 2.05) is 12.2 Å². The van der Waals surface area contributed by atoms with E-state index in [4.69, 9.17) is 9.47 Å². The fourth-order valence-corrected chi connectivity index (χ4v) is 3.62. The zero-order valence-corrected chi connectivity index (χ0v) is 16.6. The molecule has 1 heterocycles. The molecule has 4 atom stereocenters. The predicted molar refractivity (Wildman–Crippen MR) is 104 cm³/mol. The van der Waals surface area contributed by atoms with Crippen LogP contribution in [-0.4, -0.2) is 47.8 Å². The van der Waals surface area contributed by atoms with Gasteiger partial charge < -0.3 is 14.8 Å². The molecule has 0 saturated carbocycles. The van der Waals surface area contributed by atoms with Crippen molar-refractivity contribution >= 4 is 29.4 Å². The van der Waals surface area contributed by atoms with Crippen molar-refractivity contribution in [2.45, 2.75) is 38.8 Å². The Labute approximate surface area is 168 Å².